The maximum Gasteiger partial charge on any atom is 0.246 e. The Bertz CT molecular complexity index is 637. The average molecular weight is 303 g/mol. The molecule has 3 heterocycles. The lowest BCUT2D eigenvalue weighted by molar-refractivity contribution is -0.0823. The zero-order chi connectivity index (χ0) is 15.5. The molecule has 0 N–H and O–H groups in total. The summed E-state index contributed by atoms with van der Waals surface area (Å²) < 4.78 is 17.1. The average Bonchev–Trinajstić information content (AvgIpc) is 3.13. The fourth-order valence-electron chi connectivity index (χ4n) is 2.57. The first-order valence-corrected chi connectivity index (χ1v) is 7.58. The van der Waals surface area contributed by atoms with E-state index >= 15 is 0 Å². The maximum atomic E-state index is 5.86. The molecular formula is C16H21N3O3. The van der Waals surface area contributed by atoms with E-state index in [4.69, 9.17) is 13.6 Å². The van der Waals surface area contributed by atoms with Crippen LogP contribution in [0.4, 0.5) is 0 Å². The molecule has 0 amide bonds. The van der Waals surface area contributed by atoms with Crippen molar-refractivity contribution in [2.24, 2.45) is 0 Å². The van der Waals surface area contributed by atoms with Crippen molar-refractivity contribution < 1.29 is 13.6 Å². The van der Waals surface area contributed by atoms with E-state index in [0.29, 0.717) is 11.8 Å². The first kappa shape index (κ1) is 15.0. The van der Waals surface area contributed by atoms with Crippen LogP contribution in [0.3, 0.4) is 0 Å². The van der Waals surface area contributed by atoms with E-state index in [2.05, 4.69) is 29.1 Å². The summed E-state index contributed by atoms with van der Waals surface area (Å²) in [6, 6.07) is 3.89. The third-order valence-electron chi connectivity index (χ3n) is 3.60. The van der Waals surface area contributed by atoms with Crippen LogP contribution in [0.2, 0.25) is 0 Å². The molecule has 0 aliphatic carbocycles. The Morgan fingerprint density at radius 2 is 2.09 bits per heavy atom. The number of nitrogens with zero attached hydrogens (tertiary/aromatic N) is 3. The Balaban J connectivity index is 1.68. The maximum absolute atomic E-state index is 5.86. The van der Waals surface area contributed by atoms with E-state index < -0.39 is 0 Å². The fourth-order valence-corrected chi connectivity index (χ4v) is 2.57. The Hall–Kier alpha value is -1.92. The lowest BCUT2D eigenvalue weighted by atomic mass is 10.2. The highest BCUT2D eigenvalue weighted by Gasteiger charge is 2.28. The minimum Gasteiger partial charge on any atom is -0.462 e. The van der Waals surface area contributed by atoms with Crippen LogP contribution in [-0.2, 0) is 11.2 Å². The summed E-state index contributed by atoms with van der Waals surface area (Å²) in [5.74, 6) is 2.71. The van der Waals surface area contributed by atoms with Gasteiger partial charge < -0.3 is 18.5 Å². The lowest BCUT2D eigenvalue weighted by Crippen LogP contribution is -2.40. The van der Waals surface area contributed by atoms with Gasteiger partial charge >= 0.3 is 0 Å². The smallest absolute Gasteiger partial charge is 0.246 e. The van der Waals surface area contributed by atoms with Gasteiger partial charge in [0.2, 0.25) is 11.8 Å². The molecule has 0 bridgehead atoms. The third-order valence-corrected chi connectivity index (χ3v) is 3.60. The molecule has 22 heavy (non-hydrogen) atoms. The van der Waals surface area contributed by atoms with E-state index in [9.17, 15) is 0 Å². The van der Waals surface area contributed by atoms with E-state index in [1.807, 2.05) is 25.1 Å². The molecule has 0 saturated carbocycles. The van der Waals surface area contributed by atoms with Crippen LogP contribution >= 0.6 is 0 Å². The van der Waals surface area contributed by atoms with Gasteiger partial charge in [-0.2, -0.15) is 0 Å². The van der Waals surface area contributed by atoms with Gasteiger partial charge in [0.05, 0.1) is 6.10 Å². The van der Waals surface area contributed by atoms with Crippen molar-refractivity contribution in [2.45, 2.75) is 32.5 Å². The van der Waals surface area contributed by atoms with Crippen LogP contribution in [-0.4, -0.2) is 41.3 Å². The number of likely N-dealkylation sites (N-methyl/N-ethyl adjacent to an activating group) is 1. The Morgan fingerprint density at radius 3 is 2.82 bits per heavy atom. The van der Waals surface area contributed by atoms with E-state index in [0.717, 1.165) is 31.0 Å². The Kier molecular flexibility index (Phi) is 4.40. The molecule has 1 aliphatic heterocycles. The van der Waals surface area contributed by atoms with Gasteiger partial charge in [-0.25, -0.2) is 0 Å². The summed E-state index contributed by atoms with van der Waals surface area (Å²) in [6.07, 6.45) is 4.45. The summed E-state index contributed by atoms with van der Waals surface area (Å²) in [4.78, 5) is 2.20. The van der Waals surface area contributed by atoms with Crippen LogP contribution in [0.25, 0.3) is 12.2 Å². The number of hydrogen-bond acceptors (Lipinski definition) is 6. The summed E-state index contributed by atoms with van der Waals surface area (Å²) in [7, 11) is 2.06. The van der Waals surface area contributed by atoms with Gasteiger partial charge in [-0.1, -0.05) is 6.92 Å². The molecule has 0 radical (unpaired) electrons. The predicted molar refractivity (Wildman–Crippen MR) is 82.1 cm³/mol. The van der Waals surface area contributed by atoms with Gasteiger partial charge in [0, 0.05) is 25.6 Å². The van der Waals surface area contributed by atoms with Crippen molar-refractivity contribution in [1.82, 2.24) is 15.1 Å². The molecule has 6 heteroatoms. The van der Waals surface area contributed by atoms with Crippen LogP contribution in [0.1, 0.15) is 43.3 Å². The number of aryl methyl sites for hydroxylation is 1. The molecule has 1 aliphatic rings. The molecule has 2 aromatic heterocycles. The van der Waals surface area contributed by atoms with Crippen LogP contribution in [0.15, 0.2) is 21.0 Å². The second-order valence-electron chi connectivity index (χ2n) is 5.63. The van der Waals surface area contributed by atoms with Gasteiger partial charge in [-0.05, 0) is 32.2 Å². The van der Waals surface area contributed by atoms with Crippen LogP contribution < -0.4 is 0 Å². The quantitative estimate of drug-likeness (QED) is 0.865. The molecule has 1 saturated heterocycles. The summed E-state index contributed by atoms with van der Waals surface area (Å²) in [5.41, 5.74) is 0. The van der Waals surface area contributed by atoms with Crippen LogP contribution in [0, 0.1) is 0 Å². The summed E-state index contributed by atoms with van der Waals surface area (Å²) in [6.45, 7) is 5.77. The van der Waals surface area contributed by atoms with Crippen molar-refractivity contribution >= 4 is 12.2 Å². The number of ether oxygens (including phenoxy) is 1. The standard InChI is InChI=1S/C16H21N3O3/c1-4-12-5-6-13(21-12)7-8-15-17-18-16(22-15)14-10-19(3)9-11(2)20-14/h5-8,11,14H,4,9-10H2,1-3H3/b8-7+/t11-,14-/m1/s1. The van der Waals surface area contributed by atoms with Crippen molar-refractivity contribution in [3.63, 3.8) is 0 Å². The number of hydrogen-bond donors (Lipinski definition) is 0. The van der Waals surface area contributed by atoms with E-state index in [1.165, 1.54) is 0 Å². The highest BCUT2D eigenvalue weighted by molar-refractivity contribution is 5.62. The first-order valence-electron chi connectivity index (χ1n) is 7.58. The highest BCUT2D eigenvalue weighted by atomic mass is 16.5. The normalized spacial score (nSPS) is 23.4. The molecule has 0 spiro atoms. The van der Waals surface area contributed by atoms with Crippen molar-refractivity contribution in [3.8, 4) is 0 Å². The molecular weight excluding hydrogens is 282 g/mol. The lowest BCUT2D eigenvalue weighted by Gasteiger charge is -2.32. The van der Waals surface area contributed by atoms with E-state index in [-0.39, 0.29) is 12.2 Å². The second-order valence-corrected chi connectivity index (χ2v) is 5.63. The van der Waals surface area contributed by atoms with Gasteiger partial charge in [0.15, 0.2) is 0 Å². The monoisotopic (exact) mass is 303 g/mol. The summed E-state index contributed by atoms with van der Waals surface area (Å²) in [5, 5.41) is 8.13. The first-order chi connectivity index (χ1) is 10.6. The zero-order valence-corrected chi connectivity index (χ0v) is 13.2. The van der Waals surface area contributed by atoms with Gasteiger partial charge in [-0.15, -0.1) is 10.2 Å². The molecule has 1 fully saturated rings. The molecule has 2 aromatic rings. The predicted octanol–water partition coefficient (Wildman–Crippen LogP) is 2.79. The van der Waals surface area contributed by atoms with Crippen molar-refractivity contribution in [3.05, 3.63) is 35.4 Å². The third kappa shape index (κ3) is 3.45. The molecule has 6 nitrogen and oxygen atoms in total. The molecule has 0 aromatic carbocycles. The SMILES string of the molecule is CCc1ccc(/C=C/c2nnc([C@H]3CN(C)C[C@@H](C)O3)o2)o1. The molecule has 0 unspecified atom stereocenters. The number of morpholine rings is 1. The van der Waals surface area contributed by atoms with Gasteiger partial charge in [0.25, 0.3) is 0 Å². The largest absolute Gasteiger partial charge is 0.462 e. The number of rotatable bonds is 4. The minimum atomic E-state index is -0.168. The van der Waals surface area contributed by atoms with Gasteiger partial charge in [-0.3, -0.25) is 0 Å². The van der Waals surface area contributed by atoms with Crippen LogP contribution in [0.5, 0.6) is 0 Å². The minimum absolute atomic E-state index is 0.158. The zero-order valence-electron chi connectivity index (χ0n) is 13.2. The van der Waals surface area contributed by atoms with Crippen molar-refractivity contribution in [1.29, 1.82) is 0 Å². The van der Waals surface area contributed by atoms with E-state index in [1.54, 1.807) is 6.08 Å². The topological polar surface area (TPSA) is 64.5 Å². The fraction of sp³-hybridized carbons (Fsp3) is 0.500. The van der Waals surface area contributed by atoms with Crippen molar-refractivity contribution in [2.75, 3.05) is 20.1 Å². The summed E-state index contributed by atoms with van der Waals surface area (Å²) >= 11 is 0. The van der Waals surface area contributed by atoms with Gasteiger partial charge in [0.1, 0.15) is 17.6 Å². The number of aromatic nitrogens is 2. The Morgan fingerprint density at radius 1 is 1.23 bits per heavy atom. The molecule has 118 valence electrons. The molecule has 3 rings (SSSR count). The Labute approximate surface area is 129 Å². The highest BCUT2D eigenvalue weighted by Crippen LogP contribution is 2.23. The molecule has 2 atom stereocenters. The number of furan rings is 1. The second kappa shape index (κ2) is 6.46.